The largest absolute Gasteiger partial charge is 0.355 e. The van der Waals surface area contributed by atoms with E-state index in [9.17, 15) is 4.79 Å². The van der Waals surface area contributed by atoms with Crippen LogP contribution in [0.25, 0.3) is 10.2 Å². The number of hydrogen-bond acceptors (Lipinski definition) is 4. The smallest absolute Gasteiger partial charge is 0.242 e. The van der Waals surface area contributed by atoms with Gasteiger partial charge in [0.25, 0.3) is 0 Å². The third-order valence-corrected chi connectivity index (χ3v) is 3.62. The van der Waals surface area contributed by atoms with E-state index in [0.29, 0.717) is 11.6 Å². The molecule has 0 saturated carbocycles. The van der Waals surface area contributed by atoms with Crippen LogP contribution in [0.15, 0.2) is 18.2 Å². The van der Waals surface area contributed by atoms with Crippen molar-refractivity contribution in [3.8, 4) is 0 Å². The Labute approximate surface area is 114 Å². The summed E-state index contributed by atoms with van der Waals surface area (Å²) >= 11 is 7.41. The molecule has 0 spiro atoms. The van der Waals surface area contributed by atoms with E-state index in [1.807, 2.05) is 26.0 Å². The van der Waals surface area contributed by atoms with Crippen molar-refractivity contribution in [1.29, 1.82) is 0 Å². The van der Waals surface area contributed by atoms with Crippen molar-refractivity contribution in [2.24, 2.45) is 0 Å². The zero-order valence-electron chi connectivity index (χ0n) is 10.2. The molecule has 96 valence electrons. The number of halogens is 1. The summed E-state index contributed by atoms with van der Waals surface area (Å²) < 4.78 is 1.01. The maximum Gasteiger partial charge on any atom is 0.242 e. The summed E-state index contributed by atoms with van der Waals surface area (Å²) in [5.74, 6) is -0.0326. The van der Waals surface area contributed by atoms with Crippen LogP contribution in [-0.4, -0.2) is 23.5 Å². The quantitative estimate of drug-likeness (QED) is 0.907. The first kappa shape index (κ1) is 13.1. The molecule has 1 heterocycles. The number of thiazole rings is 1. The molecule has 1 atom stereocenters. The molecule has 1 aromatic carbocycles. The predicted octanol–water partition coefficient (Wildman–Crippen LogP) is 2.89. The number of aromatic nitrogens is 1. The number of nitrogens with zero attached hydrogens (tertiary/aromatic N) is 1. The highest BCUT2D eigenvalue weighted by atomic mass is 35.5. The molecule has 0 aliphatic rings. The Kier molecular flexibility index (Phi) is 4.04. The molecule has 0 aliphatic carbocycles. The number of benzene rings is 1. The number of amides is 1. The maximum atomic E-state index is 11.6. The van der Waals surface area contributed by atoms with Gasteiger partial charge >= 0.3 is 0 Å². The molecule has 2 N–H and O–H groups in total. The number of carbonyl (C=O) groups excluding carboxylic acids is 1. The second-order valence-corrected chi connectivity index (χ2v) is 5.36. The molecule has 2 rings (SSSR count). The van der Waals surface area contributed by atoms with Gasteiger partial charge in [0, 0.05) is 11.6 Å². The van der Waals surface area contributed by atoms with E-state index in [2.05, 4.69) is 15.6 Å². The highest BCUT2D eigenvalue weighted by Crippen LogP contribution is 2.28. The minimum Gasteiger partial charge on any atom is -0.355 e. The summed E-state index contributed by atoms with van der Waals surface area (Å²) in [6, 6.07) is 5.24. The Balaban J connectivity index is 2.14. The molecule has 2 aromatic rings. The lowest BCUT2D eigenvalue weighted by Gasteiger charge is -2.11. The Morgan fingerprint density at radius 3 is 3.06 bits per heavy atom. The topological polar surface area (TPSA) is 54.0 Å². The van der Waals surface area contributed by atoms with Gasteiger partial charge in [-0.3, -0.25) is 4.79 Å². The van der Waals surface area contributed by atoms with Gasteiger partial charge in [0.1, 0.15) is 6.04 Å². The Morgan fingerprint density at radius 1 is 1.56 bits per heavy atom. The summed E-state index contributed by atoms with van der Waals surface area (Å²) in [6.07, 6.45) is 0. The fourth-order valence-corrected chi connectivity index (χ4v) is 2.77. The Bertz CT molecular complexity index is 569. The first-order valence-corrected chi connectivity index (χ1v) is 6.90. The van der Waals surface area contributed by atoms with Crippen LogP contribution in [0, 0.1) is 0 Å². The minimum absolute atomic E-state index is 0.0326. The standard InChI is InChI=1S/C12H14ClN3OS/c1-3-14-11(17)7(2)15-12-16-9-5-4-8(13)6-10(9)18-12/h4-7H,3H2,1-2H3,(H,14,17)(H,15,16). The van der Waals surface area contributed by atoms with Crippen LogP contribution in [0.3, 0.4) is 0 Å². The second-order valence-electron chi connectivity index (χ2n) is 3.89. The molecule has 0 bridgehead atoms. The average Bonchev–Trinajstić information content (AvgIpc) is 2.70. The molecule has 18 heavy (non-hydrogen) atoms. The zero-order valence-corrected chi connectivity index (χ0v) is 11.7. The van der Waals surface area contributed by atoms with Crippen molar-refractivity contribution in [2.75, 3.05) is 11.9 Å². The van der Waals surface area contributed by atoms with Crippen LogP contribution in [0.1, 0.15) is 13.8 Å². The molecule has 6 heteroatoms. The number of hydrogen-bond donors (Lipinski definition) is 2. The molecular weight excluding hydrogens is 270 g/mol. The lowest BCUT2D eigenvalue weighted by atomic mass is 10.3. The summed E-state index contributed by atoms with van der Waals surface area (Å²) in [7, 11) is 0. The van der Waals surface area contributed by atoms with Crippen LogP contribution in [0.2, 0.25) is 5.02 Å². The van der Waals surface area contributed by atoms with Gasteiger partial charge in [-0.05, 0) is 32.0 Å². The van der Waals surface area contributed by atoms with Gasteiger partial charge in [0.15, 0.2) is 5.13 Å². The van der Waals surface area contributed by atoms with Crippen molar-refractivity contribution >= 4 is 44.2 Å². The zero-order chi connectivity index (χ0) is 13.1. The number of likely N-dealkylation sites (N-methyl/N-ethyl adjacent to an activating group) is 1. The summed E-state index contributed by atoms with van der Waals surface area (Å²) in [5.41, 5.74) is 0.884. The Hall–Kier alpha value is -1.33. The van der Waals surface area contributed by atoms with E-state index in [1.165, 1.54) is 11.3 Å². The number of nitrogens with one attached hydrogen (secondary N) is 2. The van der Waals surface area contributed by atoms with E-state index < -0.39 is 0 Å². The number of carbonyl (C=O) groups is 1. The summed E-state index contributed by atoms with van der Waals surface area (Å²) in [4.78, 5) is 16.0. The molecule has 4 nitrogen and oxygen atoms in total. The van der Waals surface area contributed by atoms with Crippen molar-refractivity contribution in [2.45, 2.75) is 19.9 Å². The molecule has 1 amide bonds. The van der Waals surface area contributed by atoms with E-state index in [4.69, 9.17) is 11.6 Å². The highest BCUT2D eigenvalue weighted by molar-refractivity contribution is 7.22. The normalized spacial score (nSPS) is 12.4. The Morgan fingerprint density at radius 2 is 2.33 bits per heavy atom. The molecule has 0 radical (unpaired) electrons. The van der Waals surface area contributed by atoms with Gasteiger partial charge in [-0.15, -0.1) is 0 Å². The van der Waals surface area contributed by atoms with Crippen LogP contribution in [0.4, 0.5) is 5.13 Å². The monoisotopic (exact) mass is 283 g/mol. The maximum absolute atomic E-state index is 11.6. The fraction of sp³-hybridized carbons (Fsp3) is 0.333. The number of rotatable bonds is 4. The number of fused-ring (bicyclic) bond motifs is 1. The van der Waals surface area contributed by atoms with E-state index in [1.54, 1.807) is 6.07 Å². The van der Waals surface area contributed by atoms with Crippen LogP contribution in [-0.2, 0) is 4.79 Å². The SMILES string of the molecule is CCNC(=O)C(C)Nc1nc2ccc(Cl)cc2s1. The lowest BCUT2D eigenvalue weighted by molar-refractivity contribution is -0.121. The molecule has 1 aromatic heterocycles. The molecule has 0 saturated heterocycles. The van der Waals surface area contributed by atoms with Gasteiger partial charge in [-0.1, -0.05) is 22.9 Å². The molecular formula is C12H14ClN3OS. The minimum atomic E-state index is -0.305. The van der Waals surface area contributed by atoms with Crippen LogP contribution in [0.5, 0.6) is 0 Å². The van der Waals surface area contributed by atoms with Crippen LogP contribution >= 0.6 is 22.9 Å². The molecule has 1 unspecified atom stereocenters. The van der Waals surface area contributed by atoms with Crippen molar-refractivity contribution in [1.82, 2.24) is 10.3 Å². The van der Waals surface area contributed by atoms with Gasteiger partial charge in [-0.25, -0.2) is 4.98 Å². The van der Waals surface area contributed by atoms with Gasteiger partial charge in [0.05, 0.1) is 10.2 Å². The summed E-state index contributed by atoms with van der Waals surface area (Å²) in [6.45, 7) is 4.33. The molecule has 0 aliphatic heterocycles. The van der Waals surface area contributed by atoms with E-state index in [-0.39, 0.29) is 11.9 Å². The third kappa shape index (κ3) is 2.91. The average molecular weight is 284 g/mol. The van der Waals surface area contributed by atoms with Crippen molar-refractivity contribution in [3.05, 3.63) is 23.2 Å². The molecule has 0 fully saturated rings. The van der Waals surface area contributed by atoms with Gasteiger partial charge in [0.2, 0.25) is 5.91 Å². The number of anilines is 1. The van der Waals surface area contributed by atoms with E-state index in [0.717, 1.165) is 15.3 Å². The van der Waals surface area contributed by atoms with Crippen molar-refractivity contribution in [3.63, 3.8) is 0 Å². The fourth-order valence-electron chi connectivity index (χ4n) is 1.54. The van der Waals surface area contributed by atoms with Crippen LogP contribution < -0.4 is 10.6 Å². The summed E-state index contributed by atoms with van der Waals surface area (Å²) in [5, 5.41) is 7.27. The van der Waals surface area contributed by atoms with Gasteiger partial charge in [-0.2, -0.15) is 0 Å². The van der Waals surface area contributed by atoms with Gasteiger partial charge < -0.3 is 10.6 Å². The predicted molar refractivity (Wildman–Crippen MR) is 76.4 cm³/mol. The first-order chi connectivity index (χ1) is 8.60. The van der Waals surface area contributed by atoms with E-state index >= 15 is 0 Å². The lowest BCUT2D eigenvalue weighted by Crippen LogP contribution is -2.37. The second kappa shape index (κ2) is 5.54. The first-order valence-electron chi connectivity index (χ1n) is 5.70. The van der Waals surface area contributed by atoms with Crippen molar-refractivity contribution < 1.29 is 4.79 Å². The highest BCUT2D eigenvalue weighted by Gasteiger charge is 2.13. The third-order valence-electron chi connectivity index (χ3n) is 2.43.